The third kappa shape index (κ3) is 3.94. The number of nitrogens with one attached hydrogen (secondary N) is 1. The van der Waals surface area contributed by atoms with Gasteiger partial charge in [0.2, 0.25) is 5.91 Å². The van der Waals surface area contributed by atoms with Gasteiger partial charge in [0.1, 0.15) is 0 Å². The van der Waals surface area contributed by atoms with Crippen LogP contribution in [0.2, 0.25) is 0 Å². The minimum atomic E-state index is -0.321. The Balaban J connectivity index is 1.72. The molecule has 19 heavy (non-hydrogen) atoms. The summed E-state index contributed by atoms with van der Waals surface area (Å²) >= 11 is 5.07. The van der Waals surface area contributed by atoms with Crippen molar-refractivity contribution in [3.05, 3.63) is 20.8 Å². The summed E-state index contributed by atoms with van der Waals surface area (Å²) in [5.74, 6) is -0.516. The molecule has 2 rings (SSSR count). The standard InChI is InChI=1S/C12H16BrN3O2S/c13-10-2-1-9(19-10)3-5-15-12(18)16-6-4-8(7-16)11(14)17/h1-2,8H,3-7H2,(H2,14,17)(H,15,18)/t8-/m0/s1. The maximum atomic E-state index is 11.9. The Labute approximate surface area is 124 Å². The molecule has 0 saturated carbocycles. The summed E-state index contributed by atoms with van der Waals surface area (Å²) in [6, 6.07) is 3.93. The van der Waals surface area contributed by atoms with Crippen molar-refractivity contribution in [1.29, 1.82) is 0 Å². The molecule has 1 saturated heterocycles. The van der Waals surface area contributed by atoms with Gasteiger partial charge in [0.05, 0.1) is 9.70 Å². The summed E-state index contributed by atoms with van der Waals surface area (Å²) < 4.78 is 1.10. The zero-order valence-corrected chi connectivity index (χ0v) is 12.8. The number of amides is 3. The van der Waals surface area contributed by atoms with Gasteiger partial charge in [-0.15, -0.1) is 11.3 Å². The lowest BCUT2D eigenvalue weighted by Crippen LogP contribution is -2.40. The fraction of sp³-hybridized carbons (Fsp3) is 0.500. The number of hydrogen-bond donors (Lipinski definition) is 2. The van der Waals surface area contributed by atoms with E-state index in [1.807, 2.05) is 12.1 Å². The van der Waals surface area contributed by atoms with Crippen LogP contribution in [-0.4, -0.2) is 36.5 Å². The number of thiophene rings is 1. The molecule has 0 radical (unpaired) electrons. The molecule has 0 aromatic carbocycles. The molecule has 104 valence electrons. The molecule has 0 unspecified atom stereocenters. The molecule has 1 atom stereocenters. The molecule has 1 aliphatic rings. The van der Waals surface area contributed by atoms with Crippen LogP contribution in [-0.2, 0) is 11.2 Å². The van der Waals surface area contributed by atoms with Gasteiger partial charge in [-0.05, 0) is 40.9 Å². The predicted molar refractivity (Wildman–Crippen MR) is 78.0 cm³/mol. The quantitative estimate of drug-likeness (QED) is 0.868. The second-order valence-electron chi connectivity index (χ2n) is 4.52. The zero-order valence-electron chi connectivity index (χ0n) is 10.4. The van der Waals surface area contributed by atoms with Gasteiger partial charge >= 0.3 is 6.03 Å². The summed E-state index contributed by atoms with van der Waals surface area (Å²) in [6.45, 7) is 1.64. The van der Waals surface area contributed by atoms with Crippen molar-refractivity contribution >= 4 is 39.2 Å². The first-order valence-corrected chi connectivity index (χ1v) is 7.73. The van der Waals surface area contributed by atoms with E-state index in [0.29, 0.717) is 26.1 Å². The average molecular weight is 346 g/mol. The van der Waals surface area contributed by atoms with Crippen LogP contribution in [0.4, 0.5) is 4.79 Å². The average Bonchev–Trinajstić information content (AvgIpc) is 2.98. The van der Waals surface area contributed by atoms with E-state index in [2.05, 4.69) is 21.2 Å². The molecule has 1 aromatic heterocycles. The molecule has 1 aliphatic heterocycles. The molecular formula is C12H16BrN3O2S. The third-order valence-corrected chi connectivity index (χ3v) is 4.84. The van der Waals surface area contributed by atoms with Crippen molar-refractivity contribution in [3.63, 3.8) is 0 Å². The highest BCUT2D eigenvalue weighted by Crippen LogP contribution is 2.22. The summed E-state index contributed by atoms with van der Waals surface area (Å²) in [4.78, 5) is 25.8. The molecule has 1 aromatic rings. The number of nitrogens with two attached hydrogens (primary N) is 1. The van der Waals surface area contributed by atoms with E-state index < -0.39 is 0 Å². The fourth-order valence-electron chi connectivity index (χ4n) is 2.07. The smallest absolute Gasteiger partial charge is 0.317 e. The number of hydrogen-bond acceptors (Lipinski definition) is 3. The highest BCUT2D eigenvalue weighted by Gasteiger charge is 2.29. The van der Waals surface area contributed by atoms with Crippen molar-refractivity contribution in [2.75, 3.05) is 19.6 Å². The second kappa shape index (κ2) is 6.38. The van der Waals surface area contributed by atoms with Crippen molar-refractivity contribution in [1.82, 2.24) is 10.2 Å². The van der Waals surface area contributed by atoms with E-state index in [4.69, 9.17) is 5.73 Å². The van der Waals surface area contributed by atoms with Crippen LogP contribution in [0.15, 0.2) is 15.9 Å². The highest BCUT2D eigenvalue weighted by atomic mass is 79.9. The number of carbonyl (C=O) groups excluding carboxylic acids is 2. The number of nitrogens with zero attached hydrogens (tertiary/aromatic N) is 1. The summed E-state index contributed by atoms with van der Waals surface area (Å²) in [7, 11) is 0. The topological polar surface area (TPSA) is 75.4 Å². The molecular weight excluding hydrogens is 330 g/mol. The molecule has 0 aliphatic carbocycles. The van der Waals surface area contributed by atoms with Crippen LogP contribution < -0.4 is 11.1 Å². The molecule has 3 N–H and O–H groups in total. The van der Waals surface area contributed by atoms with Crippen molar-refractivity contribution < 1.29 is 9.59 Å². The van der Waals surface area contributed by atoms with Gasteiger partial charge in [-0.3, -0.25) is 4.79 Å². The molecule has 0 bridgehead atoms. The van der Waals surface area contributed by atoms with Crippen LogP contribution in [0.25, 0.3) is 0 Å². The molecule has 0 spiro atoms. The largest absolute Gasteiger partial charge is 0.369 e. The summed E-state index contributed by atoms with van der Waals surface area (Å²) in [6.07, 6.45) is 1.48. The zero-order chi connectivity index (χ0) is 13.8. The Bertz CT molecular complexity index is 477. The monoisotopic (exact) mass is 345 g/mol. The number of carbonyl (C=O) groups is 2. The van der Waals surface area contributed by atoms with E-state index in [9.17, 15) is 9.59 Å². The van der Waals surface area contributed by atoms with E-state index in [0.717, 1.165) is 10.2 Å². The molecule has 7 heteroatoms. The maximum Gasteiger partial charge on any atom is 0.317 e. The fourth-order valence-corrected chi connectivity index (χ4v) is 3.55. The van der Waals surface area contributed by atoms with Crippen molar-refractivity contribution in [2.24, 2.45) is 11.7 Å². The highest BCUT2D eigenvalue weighted by molar-refractivity contribution is 9.11. The van der Waals surface area contributed by atoms with Crippen molar-refractivity contribution in [3.8, 4) is 0 Å². The number of urea groups is 1. The normalized spacial score (nSPS) is 18.6. The van der Waals surface area contributed by atoms with Gasteiger partial charge in [0.25, 0.3) is 0 Å². The van der Waals surface area contributed by atoms with Crippen LogP contribution >= 0.6 is 27.3 Å². The number of halogens is 1. The number of primary amides is 1. The maximum absolute atomic E-state index is 11.9. The Morgan fingerprint density at radius 1 is 1.53 bits per heavy atom. The van der Waals surface area contributed by atoms with Crippen LogP contribution in [0, 0.1) is 5.92 Å². The van der Waals surface area contributed by atoms with Crippen molar-refractivity contribution in [2.45, 2.75) is 12.8 Å². The van der Waals surface area contributed by atoms with E-state index in [1.54, 1.807) is 16.2 Å². The van der Waals surface area contributed by atoms with E-state index >= 15 is 0 Å². The van der Waals surface area contributed by atoms with Gasteiger partial charge < -0.3 is 16.0 Å². The predicted octanol–water partition coefficient (Wildman–Crippen LogP) is 1.57. The van der Waals surface area contributed by atoms with Crippen LogP contribution in [0.5, 0.6) is 0 Å². The number of rotatable bonds is 4. The second-order valence-corrected chi connectivity index (χ2v) is 7.07. The summed E-state index contributed by atoms with van der Waals surface area (Å²) in [5.41, 5.74) is 5.24. The van der Waals surface area contributed by atoms with Gasteiger partial charge in [-0.2, -0.15) is 0 Å². The van der Waals surface area contributed by atoms with Crippen LogP contribution in [0.3, 0.4) is 0 Å². The SMILES string of the molecule is NC(=O)[C@H]1CCN(C(=O)NCCc2ccc(Br)s2)C1. The lowest BCUT2D eigenvalue weighted by atomic mass is 10.1. The first kappa shape index (κ1) is 14.3. The first-order valence-electron chi connectivity index (χ1n) is 6.12. The number of likely N-dealkylation sites (tertiary alicyclic amines) is 1. The van der Waals surface area contributed by atoms with Crippen LogP contribution in [0.1, 0.15) is 11.3 Å². The molecule has 2 heterocycles. The Morgan fingerprint density at radius 2 is 2.32 bits per heavy atom. The third-order valence-electron chi connectivity index (χ3n) is 3.15. The minimum Gasteiger partial charge on any atom is -0.369 e. The van der Waals surface area contributed by atoms with Gasteiger partial charge in [-0.25, -0.2) is 4.79 Å². The first-order chi connectivity index (χ1) is 9.06. The van der Waals surface area contributed by atoms with E-state index in [1.165, 1.54) is 4.88 Å². The lowest BCUT2D eigenvalue weighted by Gasteiger charge is -2.16. The Morgan fingerprint density at radius 3 is 2.89 bits per heavy atom. The Kier molecular flexibility index (Phi) is 4.81. The van der Waals surface area contributed by atoms with Gasteiger partial charge in [0, 0.05) is 24.5 Å². The molecule has 5 nitrogen and oxygen atoms in total. The Hall–Kier alpha value is -1.08. The lowest BCUT2D eigenvalue weighted by molar-refractivity contribution is -0.121. The summed E-state index contributed by atoms with van der Waals surface area (Å²) in [5, 5.41) is 2.87. The minimum absolute atomic E-state index is 0.112. The molecule has 1 fully saturated rings. The van der Waals surface area contributed by atoms with Gasteiger partial charge in [-0.1, -0.05) is 0 Å². The molecule has 3 amide bonds. The van der Waals surface area contributed by atoms with Gasteiger partial charge in [0.15, 0.2) is 0 Å². The van der Waals surface area contributed by atoms with E-state index in [-0.39, 0.29) is 17.9 Å².